The van der Waals surface area contributed by atoms with Crippen LogP contribution in [0.25, 0.3) is 90.1 Å². The van der Waals surface area contributed by atoms with Crippen LogP contribution in [-0.2, 0) is 0 Å². The zero-order valence-corrected chi connectivity index (χ0v) is 25.3. The molecule has 7 aromatic heterocycles. The highest BCUT2D eigenvalue weighted by molar-refractivity contribution is 6.20. The molecule has 0 aliphatic heterocycles. The third-order valence-corrected chi connectivity index (χ3v) is 7.85. The molecule has 0 saturated heterocycles. The molecule has 13 heteroatoms. The van der Waals surface area contributed by atoms with Gasteiger partial charge in [-0.25, -0.2) is 49.8 Å². The lowest BCUT2D eigenvalue weighted by atomic mass is 9.91. The van der Waals surface area contributed by atoms with Gasteiger partial charge in [-0.15, -0.1) is 0 Å². The lowest BCUT2D eigenvalue weighted by Crippen LogP contribution is -1.99. The third-order valence-electron chi connectivity index (χ3n) is 7.85. The molecule has 7 heterocycles. The van der Waals surface area contributed by atoms with Gasteiger partial charge >= 0.3 is 0 Å². The summed E-state index contributed by atoms with van der Waals surface area (Å²) in [5.74, 6) is 2.20. The van der Waals surface area contributed by atoms with E-state index in [9.17, 15) is 0 Å². The summed E-state index contributed by atoms with van der Waals surface area (Å²) in [5, 5.41) is 1.47. The van der Waals surface area contributed by atoms with Crippen LogP contribution in [0.4, 0.5) is 0 Å². The third kappa shape index (κ3) is 4.80. The van der Waals surface area contributed by atoms with Gasteiger partial charge in [-0.2, -0.15) is 0 Å². The van der Waals surface area contributed by atoms with E-state index < -0.39 is 0 Å². The van der Waals surface area contributed by atoms with Crippen molar-refractivity contribution in [1.29, 1.82) is 0 Å². The Morgan fingerprint density at radius 1 is 0.347 bits per heavy atom. The van der Waals surface area contributed by atoms with Gasteiger partial charge in [0.05, 0.1) is 23.0 Å². The van der Waals surface area contributed by atoms with Gasteiger partial charge in [0.15, 0.2) is 29.1 Å². The van der Waals surface area contributed by atoms with E-state index in [0.29, 0.717) is 79.4 Å². The molecule has 0 aliphatic carbocycles. The Labute approximate surface area is 277 Å². The lowest BCUT2D eigenvalue weighted by Gasteiger charge is -2.14. The fraction of sp³-hybridized carbons (Fsp3) is 0. The largest absolute Gasteiger partial charge is 0.454 e. The van der Waals surface area contributed by atoms with Crippen molar-refractivity contribution in [2.24, 2.45) is 0 Å². The monoisotopic (exact) mass is 636 g/mol. The minimum absolute atomic E-state index is 0.407. The van der Waals surface area contributed by atoms with E-state index >= 15 is 0 Å². The van der Waals surface area contributed by atoms with Gasteiger partial charge in [-0.3, -0.25) is 9.97 Å². The van der Waals surface area contributed by atoms with Gasteiger partial charge in [0.25, 0.3) is 0 Å². The van der Waals surface area contributed by atoms with Crippen LogP contribution in [0.2, 0.25) is 0 Å². The summed E-state index contributed by atoms with van der Waals surface area (Å²) < 4.78 is 6.98. The number of nitrogens with zero attached hydrogens (tertiary/aromatic N) is 12. The van der Waals surface area contributed by atoms with Crippen LogP contribution in [0.3, 0.4) is 0 Å². The molecule has 0 spiro atoms. The van der Waals surface area contributed by atoms with E-state index in [1.165, 1.54) is 0 Å². The molecule has 13 nitrogen and oxygen atoms in total. The summed E-state index contributed by atoms with van der Waals surface area (Å²) in [6.07, 6.45) is 21.8. The van der Waals surface area contributed by atoms with Gasteiger partial charge in [0, 0.05) is 107 Å². The average molecular weight is 637 g/mol. The van der Waals surface area contributed by atoms with Crippen LogP contribution in [0.1, 0.15) is 0 Å². The van der Waals surface area contributed by atoms with Crippen LogP contribution in [-0.4, -0.2) is 59.8 Å². The standard InChI is InChI=1S/C36H20N12O/c1-6-39-32(40-7-1)23-18-21-22-19-24(33-41-8-2-9-42-33)27(34-43-10-3-11-44-34)29(36-47-14-5-15-48-36)31(22)49-30(21)28(35-45-12-4-13-46-35)26(23)25-20-37-16-17-38-25/h1-20H. The first-order valence-electron chi connectivity index (χ1n) is 15.1. The molecule has 49 heavy (non-hydrogen) atoms. The maximum Gasteiger partial charge on any atom is 0.163 e. The van der Waals surface area contributed by atoms with E-state index in [1.807, 2.05) is 12.1 Å². The first kappa shape index (κ1) is 28.0. The molecule has 0 N–H and O–H groups in total. The van der Waals surface area contributed by atoms with Crippen molar-refractivity contribution in [3.05, 3.63) is 123 Å². The highest BCUT2D eigenvalue weighted by Crippen LogP contribution is 2.49. The molecule has 0 fully saturated rings. The normalized spacial score (nSPS) is 11.3. The highest BCUT2D eigenvalue weighted by Gasteiger charge is 2.30. The van der Waals surface area contributed by atoms with Gasteiger partial charge in [-0.1, -0.05) is 0 Å². The molecule has 9 rings (SSSR count). The summed E-state index contributed by atoms with van der Waals surface area (Å²) >= 11 is 0. The second kappa shape index (κ2) is 11.8. The Kier molecular flexibility index (Phi) is 6.75. The Balaban J connectivity index is 1.52. The quantitative estimate of drug-likeness (QED) is 0.199. The molecule has 0 aliphatic rings. The van der Waals surface area contributed by atoms with E-state index in [0.717, 1.165) is 10.8 Å². The van der Waals surface area contributed by atoms with Crippen LogP contribution in [0.5, 0.6) is 0 Å². The molecule has 0 bridgehead atoms. The summed E-state index contributed by atoms with van der Waals surface area (Å²) in [4.78, 5) is 55.6. The topological polar surface area (TPSA) is 168 Å². The van der Waals surface area contributed by atoms with E-state index in [2.05, 4.69) is 59.8 Å². The Bertz CT molecular complexity index is 2390. The van der Waals surface area contributed by atoms with Crippen molar-refractivity contribution in [3.8, 4) is 68.2 Å². The lowest BCUT2D eigenvalue weighted by molar-refractivity contribution is 0.670. The molecular weight excluding hydrogens is 616 g/mol. The second-order valence-corrected chi connectivity index (χ2v) is 10.7. The maximum absolute atomic E-state index is 6.98. The Hall–Kier alpha value is -7.28. The number of benzene rings is 2. The molecule has 0 unspecified atom stereocenters. The van der Waals surface area contributed by atoms with E-state index in [4.69, 9.17) is 4.42 Å². The SMILES string of the molecule is c1cnc(-c2cc3c(oc4c(-c5ncccn5)c(-c5ncccn5)c(-c5ncccn5)cc43)c(-c3ncccn3)c2-c2cnccn2)nc1. The molecule has 0 saturated carbocycles. The zero-order valence-electron chi connectivity index (χ0n) is 25.3. The first-order chi connectivity index (χ1) is 24.3. The fourth-order valence-corrected chi connectivity index (χ4v) is 5.91. The Morgan fingerprint density at radius 2 is 0.735 bits per heavy atom. The smallest absolute Gasteiger partial charge is 0.163 e. The second-order valence-electron chi connectivity index (χ2n) is 10.7. The minimum atomic E-state index is 0.407. The van der Waals surface area contributed by atoms with Crippen LogP contribution >= 0.6 is 0 Å². The number of aromatic nitrogens is 12. The summed E-state index contributed by atoms with van der Waals surface area (Å²) in [5.41, 5.74) is 5.35. The van der Waals surface area contributed by atoms with Crippen molar-refractivity contribution in [2.45, 2.75) is 0 Å². The predicted octanol–water partition coefficient (Wildman–Crippen LogP) is 6.33. The van der Waals surface area contributed by atoms with Crippen LogP contribution in [0, 0.1) is 0 Å². The number of hydrogen-bond donors (Lipinski definition) is 0. The average Bonchev–Trinajstić information content (AvgIpc) is 3.56. The number of hydrogen-bond acceptors (Lipinski definition) is 13. The maximum atomic E-state index is 6.98. The Morgan fingerprint density at radius 3 is 1.16 bits per heavy atom. The molecule has 230 valence electrons. The molecule has 2 aromatic carbocycles. The minimum Gasteiger partial charge on any atom is -0.454 e. The van der Waals surface area contributed by atoms with Gasteiger partial charge < -0.3 is 4.42 Å². The predicted molar refractivity (Wildman–Crippen MR) is 180 cm³/mol. The van der Waals surface area contributed by atoms with Crippen LogP contribution < -0.4 is 0 Å². The molecular formula is C36H20N12O. The van der Waals surface area contributed by atoms with Gasteiger partial charge in [-0.05, 0) is 42.5 Å². The van der Waals surface area contributed by atoms with Crippen molar-refractivity contribution in [3.63, 3.8) is 0 Å². The molecule has 9 aromatic rings. The summed E-state index contributed by atoms with van der Waals surface area (Å²) in [6.45, 7) is 0. The number of rotatable bonds is 6. The number of furan rings is 1. The number of fused-ring (bicyclic) bond motifs is 3. The van der Waals surface area contributed by atoms with Crippen molar-refractivity contribution < 1.29 is 4.42 Å². The van der Waals surface area contributed by atoms with Crippen molar-refractivity contribution in [1.82, 2.24) is 59.8 Å². The molecule has 0 radical (unpaired) electrons. The van der Waals surface area contributed by atoms with Gasteiger partial charge in [0.2, 0.25) is 0 Å². The van der Waals surface area contributed by atoms with Gasteiger partial charge in [0.1, 0.15) is 11.2 Å². The van der Waals surface area contributed by atoms with E-state index in [1.54, 1.807) is 111 Å². The highest BCUT2D eigenvalue weighted by atomic mass is 16.3. The van der Waals surface area contributed by atoms with Crippen molar-refractivity contribution >= 4 is 21.9 Å². The fourth-order valence-electron chi connectivity index (χ4n) is 5.91. The van der Waals surface area contributed by atoms with E-state index in [-0.39, 0.29) is 0 Å². The summed E-state index contributed by atoms with van der Waals surface area (Å²) in [6, 6.07) is 12.8. The first-order valence-corrected chi connectivity index (χ1v) is 15.1. The summed E-state index contributed by atoms with van der Waals surface area (Å²) in [7, 11) is 0. The molecule has 0 amide bonds. The van der Waals surface area contributed by atoms with Crippen molar-refractivity contribution in [2.75, 3.05) is 0 Å². The van der Waals surface area contributed by atoms with Crippen LogP contribution in [0.15, 0.2) is 127 Å². The molecule has 0 atom stereocenters. The zero-order chi connectivity index (χ0) is 32.6.